The average molecular weight is 394 g/mol. The van der Waals surface area contributed by atoms with Gasteiger partial charge in [0.05, 0.1) is 0 Å². The second kappa shape index (κ2) is 7.77. The van der Waals surface area contributed by atoms with E-state index >= 15 is 0 Å². The largest absolute Gasteiger partial charge is 0.336 e. The molecule has 1 aromatic heterocycles. The second-order valence-electron chi connectivity index (χ2n) is 5.08. The van der Waals surface area contributed by atoms with Crippen LogP contribution in [-0.2, 0) is 4.79 Å². The van der Waals surface area contributed by atoms with Gasteiger partial charge >= 0.3 is 0 Å². The normalized spacial score (nSPS) is 11.9. The Balaban J connectivity index is 1.88. The molecule has 0 aliphatic carbocycles. The first kappa shape index (κ1) is 17.6. The van der Waals surface area contributed by atoms with Crippen molar-refractivity contribution in [1.29, 1.82) is 0 Å². The van der Waals surface area contributed by atoms with E-state index in [4.69, 9.17) is 29.0 Å². The fourth-order valence-corrected chi connectivity index (χ4v) is 3.62. The van der Waals surface area contributed by atoms with E-state index in [1.807, 2.05) is 30.3 Å². The molecule has 3 rings (SSSR count). The zero-order chi connectivity index (χ0) is 17.8. The number of anilines is 1. The topological polar surface area (TPSA) is 85.8 Å². The van der Waals surface area contributed by atoms with Crippen LogP contribution in [0.3, 0.4) is 0 Å². The fourth-order valence-electron chi connectivity index (χ4n) is 2.16. The molecule has 1 amide bonds. The lowest BCUT2D eigenvalue weighted by molar-refractivity contribution is -0.115. The molecule has 0 saturated carbocycles. The Bertz CT molecular complexity index is 867. The summed E-state index contributed by atoms with van der Waals surface area (Å²) in [5.74, 6) is 5.51. The maximum Gasteiger partial charge on any atom is 0.242 e. The molecule has 0 radical (unpaired) electrons. The second-order valence-corrected chi connectivity index (χ2v) is 7.02. The molecule has 0 spiro atoms. The molecular formula is C16H13Cl2N5OS. The van der Waals surface area contributed by atoms with Gasteiger partial charge in [0.15, 0.2) is 0 Å². The number of hydrogen-bond donors (Lipinski definition) is 2. The Labute approximate surface area is 158 Å². The molecule has 0 aliphatic heterocycles. The van der Waals surface area contributed by atoms with E-state index in [2.05, 4.69) is 15.5 Å². The van der Waals surface area contributed by atoms with Crippen LogP contribution in [0.15, 0.2) is 60.0 Å². The van der Waals surface area contributed by atoms with Crippen LogP contribution in [0.25, 0.3) is 0 Å². The highest BCUT2D eigenvalue weighted by atomic mass is 35.5. The van der Waals surface area contributed by atoms with Gasteiger partial charge in [-0.05, 0) is 23.8 Å². The van der Waals surface area contributed by atoms with Crippen molar-refractivity contribution in [3.05, 3.63) is 70.5 Å². The maximum absolute atomic E-state index is 12.9. The van der Waals surface area contributed by atoms with Crippen LogP contribution >= 0.6 is 35.0 Å². The summed E-state index contributed by atoms with van der Waals surface area (Å²) >= 11 is 13.2. The van der Waals surface area contributed by atoms with Gasteiger partial charge in [-0.15, -0.1) is 10.2 Å². The van der Waals surface area contributed by atoms with E-state index in [0.717, 1.165) is 5.56 Å². The van der Waals surface area contributed by atoms with Crippen LogP contribution in [0.2, 0.25) is 10.0 Å². The van der Waals surface area contributed by atoms with Crippen molar-refractivity contribution in [2.45, 2.75) is 10.4 Å². The van der Waals surface area contributed by atoms with Gasteiger partial charge in [0, 0.05) is 15.7 Å². The van der Waals surface area contributed by atoms with Gasteiger partial charge in [-0.3, -0.25) is 4.79 Å². The molecule has 25 heavy (non-hydrogen) atoms. The number of carbonyl (C=O) groups excluding carboxylic acids is 1. The number of thioether (sulfide) groups is 1. The van der Waals surface area contributed by atoms with E-state index < -0.39 is 5.25 Å². The molecule has 2 aromatic carbocycles. The standard InChI is InChI=1S/C16H13Cl2N5OS/c17-11-6-12(18)8-13(7-11)21-15(24)14(10-4-2-1-3-5-10)25-16-22-20-9-23(16)19/h1-9,14H,19H2,(H,21,24)/t14-/m0/s1. The van der Waals surface area contributed by atoms with Crippen molar-refractivity contribution in [2.75, 3.05) is 11.2 Å². The lowest BCUT2D eigenvalue weighted by atomic mass is 10.1. The molecule has 128 valence electrons. The third-order valence-corrected chi connectivity index (χ3v) is 4.90. The van der Waals surface area contributed by atoms with Crippen molar-refractivity contribution in [3.8, 4) is 0 Å². The van der Waals surface area contributed by atoms with E-state index in [1.165, 1.54) is 22.8 Å². The Morgan fingerprint density at radius 3 is 2.44 bits per heavy atom. The van der Waals surface area contributed by atoms with E-state index in [9.17, 15) is 4.79 Å². The molecule has 0 aliphatic rings. The Morgan fingerprint density at radius 1 is 1.16 bits per heavy atom. The SMILES string of the molecule is Nn1cnnc1S[C@H](C(=O)Nc1cc(Cl)cc(Cl)c1)c1ccccc1. The molecule has 0 fully saturated rings. The van der Waals surface area contributed by atoms with Gasteiger partial charge in [0.1, 0.15) is 11.6 Å². The number of rotatable bonds is 5. The molecule has 3 aromatic rings. The van der Waals surface area contributed by atoms with Gasteiger partial charge in [0.2, 0.25) is 11.1 Å². The first-order valence-electron chi connectivity index (χ1n) is 7.16. The van der Waals surface area contributed by atoms with E-state index in [-0.39, 0.29) is 5.91 Å². The number of nitrogens with one attached hydrogen (secondary N) is 1. The number of nitrogens with zero attached hydrogens (tertiary/aromatic N) is 3. The van der Waals surface area contributed by atoms with Crippen molar-refractivity contribution >= 4 is 46.6 Å². The van der Waals surface area contributed by atoms with Crippen molar-refractivity contribution in [3.63, 3.8) is 0 Å². The smallest absolute Gasteiger partial charge is 0.242 e. The molecule has 0 bridgehead atoms. The van der Waals surface area contributed by atoms with Crippen LogP contribution in [0.5, 0.6) is 0 Å². The monoisotopic (exact) mass is 393 g/mol. The summed E-state index contributed by atoms with van der Waals surface area (Å²) in [4.78, 5) is 12.9. The van der Waals surface area contributed by atoms with Crippen molar-refractivity contribution in [2.24, 2.45) is 0 Å². The van der Waals surface area contributed by atoms with Crippen molar-refractivity contribution in [1.82, 2.24) is 14.9 Å². The summed E-state index contributed by atoms with van der Waals surface area (Å²) in [7, 11) is 0. The van der Waals surface area contributed by atoms with Crippen LogP contribution in [0, 0.1) is 0 Å². The minimum absolute atomic E-state index is 0.252. The summed E-state index contributed by atoms with van der Waals surface area (Å²) in [5.41, 5.74) is 1.32. The van der Waals surface area contributed by atoms with Crippen LogP contribution in [0.4, 0.5) is 5.69 Å². The predicted molar refractivity (Wildman–Crippen MR) is 100 cm³/mol. The number of benzene rings is 2. The van der Waals surface area contributed by atoms with Gasteiger partial charge in [-0.1, -0.05) is 65.3 Å². The first-order valence-corrected chi connectivity index (χ1v) is 8.80. The molecule has 0 unspecified atom stereocenters. The number of aromatic nitrogens is 3. The fraction of sp³-hybridized carbons (Fsp3) is 0.0625. The number of nitrogens with two attached hydrogens (primary N) is 1. The molecule has 3 N–H and O–H groups in total. The van der Waals surface area contributed by atoms with Crippen LogP contribution < -0.4 is 11.2 Å². The summed E-state index contributed by atoms with van der Waals surface area (Å²) in [5, 5.41) is 11.2. The Morgan fingerprint density at radius 2 is 1.84 bits per heavy atom. The third-order valence-electron chi connectivity index (χ3n) is 3.23. The highest BCUT2D eigenvalue weighted by molar-refractivity contribution is 8.00. The zero-order valence-electron chi connectivity index (χ0n) is 12.8. The molecular weight excluding hydrogens is 381 g/mol. The van der Waals surface area contributed by atoms with E-state index in [0.29, 0.717) is 20.9 Å². The number of halogens is 2. The third kappa shape index (κ3) is 4.45. The van der Waals surface area contributed by atoms with Crippen LogP contribution in [-0.4, -0.2) is 20.8 Å². The molecule has 9 heteroatoms. The van der Waals surface area contributed by atoms with Gasteiger partial charge in [0.25, 0.3) is 0 Å². The van der Waals surface area contributed by atoms with E-state index in [1.54, 1.807) is 18.2 Å². The number of nitrogen functional groups attached to an aromatic ring is 1. The average Bonchev–Trinajstić information content (AvgIpc) is 2.97. The molecule has 6 nitrogen and oxygen atoms in total. The summed E-state index contributed by atoms with van der Waals surface area (Å²) in [6.07, 6.45) is 1.37. The number of amides is 1. The summed E-state index contributed by atoms with van der Waals surface area (Å²) in [6.45, 7) is 0. The molecule has 1 heterocycles. The molecule has 0 saturated heterocycles. The molecule has 1 atom stereocenters. The Hall–Kier alpha value is -2.22. The van der Waals surface area contributed by atoms with Gasteiger partial charge < -0.3 is 11.2 Å². The van der Waals surface area contributed by atoms with Gasteiger partial charge in [-0.2, -0.15) is 0 Å². The lowest BCUT2D eigenvalue weighted by Crippen LogP contribution is -2.20. The summed E-state index contributed by atoms with van der Waals surface area (Å²) in [6, 6.07) is 14.2. The zero-order valence-corrected chi connectivity index (χ0v) is 15.1. The number of hydrogen-bond acceptors (Lipinski definition) is 5. The highest BCUT2D eigenvalue weighted by Crippen LogP contribution is 2.35. The predicted octanol–water partition coefficient (Wildman–Crippen LogP) is 3.77. The Kier molecular flexibility index (Phi) is 5.47. The summed E-state index contributed by atoms with van der Waals surface area (Å²) < 4.78 is 1.27. The quantitative estimate of drug-likeness (QED) is 0.508. The first-order chi connectivity index (χ1) is 12.0. The minimum Gasteiger partial charge on any atom is -0.336 e. The maximum atomic E-state index is 12.9. The van der Waals surface area contributed by atoms with Crippen molar-refractivity contribution < 1.29 is 4.79 Å². The number of carbonyl (C=O) groups is 1. The van der Waals surface area contributed by atoms with Crippen LogP contribution in [0.1, 0.15) is 10.8 Å². The minimum atomic E-state index is -0.578. The van der Waals surface area contributed by atoms with Gasteiger partial charge in [-0.25, -0.2) is 4.68 Å². The lowest BCUT2D eigenvalue weighted by Gasteiger charge is -2.16. The highest BCUT2D eigenvalue weighted by Gasteiger charge is 2.24.